The Balaban J connectivity index is 3.19. The first-order valence-corrected chi connectivity index (χ1v) is 6.36. The van der Waals surface area contributed by atoms with Crippen molar-refractivity contribution in [2.24, 2.45) is 11.5 Å². The monoisotopic (exact) mass is 327 g/mol. The van der Waals surface area contributed by atoms with Crippen molar-refractivity contribution in [1.82, 2.24) is 5.32 Å². The summed E-state index contributed by atoms with van der Waals surface area (Å²) < 4.78 is 32.9. The lowest BCUT2D eigenvalue weighted by atomic mass is 9.86. The molecule has 1 aliphatic rings. The second-order valence-corrected chi connectivity index (χ2v) is 5.04. The maximum absolute atomic E-state index is 14.3. The summed E-state index contributed by atoms with van der Waals surface area (Å²) in [6.07, 6.45) is -8.29. The Morgan fingerprint density at radius 2 is 2.00 bits per heavy atom. The zero-order valence-electron chi connectivity index (χ0n) is 11.6. The summed E-state index contributed by atoms with van der Waals surface area (Å²) >= 11 is 0. The number of hydrogen-bond donors (Lipinski definition) is 6. The number of nitrogens with two attached hydrogens (primary N) is 2. The van der Waals surface area contributed by atoms with E-state index in [2.05, 4.69) is 10.1 Å². The molecule has 0 saturated carbocycles. The zero-order valence-corrected chi connectivity index (χ0v) is 11.6. The summed E-state index contributed by atoms with van der Waals surface area (Å²) in [5.74, 6) is -6.15. The van der Waals surface area contributed by atoms with Crippen LogP contribution in [0.15, 0.2) is 0 Å². The topological polar surface area (TPSA) is 168 Å². The van der Waals surface area contributed by atoms with Crippen LogP contribution in [0.1, 0.15) is 6.92 Å². The van der Waals surface area contributed by atoms with Crippen LogP contribution in [0.25, 0.3) is 0 Å². The molecule has 0 radical (unpaired) electrons. The second-order valence-electron chi connectivity index (χ2n) is 5.04. The fourth-order valence-corrected chi connectivity index (χ4v) is 2.20. The first kappa shape index (κ1) is 18.6. The number of hydrogen-bond acceptors (Lipinski definition) is 7. The van der Waals surface area contributed by atoms with Gasteiger partial charge in [-0.2, -0.15) is 4.39 Å². The molecule has 0 aromatic heterocycles. The minimum absolute atomic E-state index is 0.697. The molecule has 0 bridgehead atoms. The van der Waals surface area contributed by atoms with Gasteiger partial charge in [0, 0.05) is 6.92 Å². The highest BCUT2D eigenvalue weighted by Gasteiger charge is 2.60. The van der Waals surface area contributed by atoms with Gasteiger partial charge >= 0.3 is 5.85 Å². The fraction of sp³-hybridized carbons (Fsp3) is 0.818. The van der Waals surface area contributed by atoms with Gasteiger partial charge < -0.3 is 36.8 Å². The van der Waals surface area contributed by atoms with E-state index in [4.69, 9.17) is 16.6 Å². The predicted molar refractivity (Wildman–Crippen MR) is 67.5 cm³/mol. The fourth-order valence-electron chi connectivity index (χ4n) is 2.20. The number of rotatable bonds is 5. The van der Waals surface area contributed by atoms with Crippen LogP contribution in [0.3, 0.4) is 0 Å². The van der Waals surface area contributed by atoms with E-state index in [-0.39, 0.29) is 0 Å². The number of ether oxygens (including phenoxy) is 1. The Morgan fingerprint density at radius 1 is 1.45 bits per heavy atom. The third-order valence-electron chi connectivity index (χ3n) is 3.39. The van der Waals surface area contributed by atoms with Gasteiger partial charge in [0.05, 0.1) is 18.7 Å². The molecule has 7 atom stereocenters. The van der Waals surface area contributed by atoms with Gasteiger partial charge in [-0.15, -0.1) is 0 Å². The van der Waals surface area contributed by atoms with Crippen molar-refractivity contribution in [3.63, 3.8) is 0 Å². The second kappa shape index (κ2) is 6.79. The molecule has 1 fully saturated rings. The molecular formula is C11H19F2N3O6. The number of nitrogens with one attached hydrogen (secondary N) is 1. The third kappa shape index (κ3) is 3.33. The van der Waals surface area contributed by atoms with Gasteiger partial charge in [-0.1, -0.05) is 0 Å². The SMILES string of the molecule is CC(=O)N[C@@H]1C(N)C(F)[C@](F)(C(N)=O)OC1[C@H](O)[C@H](O)CO. The first-order chi connectivity index (χ1) is 10.1. The summed E-state index contributed by atoms with van der Waals surface area (Å²) in [5.41, 5.74) is 10.2. The Kier molecular flexibility index (Phi) is 5.76. The average Bonchev–Trinajstić information content (AvgIpc) is 2.45. The van der Waals surface area contributed by atoms with E-state index in [1.165, 1.54) is 0 Å². The van der Waals surface area contributed by atoms with Crippen LogP contribution in [0.2, 0.25) is 0 Å². The van der Waals surface area contributed by atoms with Gasteiger partial charge in [0.25, 0.3) is 5.91 Å². The number of carbonyl (C=O) groups is 2. The minimum Gasteiger partial charge on any atom is -0.394 e. The van der Waals surface area contributed by atoms with Crippen molar-refractivity contribution in [1.29, 1.82) is 0 Å². The number of primary amides is 1. The van der Waals surface area contributed by atoms with E-state index in [0.717, 1.165) is 6.92 Å². The van der Waals surface area contributed by atoms with Gasteiger partial charge in [-0.3, -0.25) is 9.59 Å². The summed E-state index contributed by atoms with van der Waals surface area (Å²) in [7, 11) is 0. The van der Waals surface area contributed by atoms with Crippen LogP contribution < -0.4 is 16.8 Å². The van der Waals surface area contributed by atoms with E-state index >= 15 is 0 Å². The normalized spacial score (nSPS) is 38.1. The molecule has 0 spiro atoms. The van der Waals surface area contributed by atoms with Gasteiger partial charge in [0.2, 0.25) is 5.91 Å². The van der Waals surface area contributed by atoms with Gasteiger partial charge in [-0.05, 0) is 0 Å². The van der Waals surface area contributed by atoms with E-state index in [0.29, 0.717) is 0 Å². The number of aliphatic hydroxyl groups excluding tert-OH is 3. The lowest BCUT2D eigenvalue weighted by Gasteiger charge is -2.46. The molecule has 22 heavy (non-hydrogen) atoms. The van der Waals surface area contributed by atoms with Crippen LogP contribution >= 0.6 is 0 Å². The molecule has 9 nitrogen and oxygen atoms in total. The molecule has 1 heterocycles. The Labute approximate surface area is 124 Å². The lowest BCUT2D eigenvalue weighted by Crippen LogP contribution is -2.74. The maximum atomic E-state index is 14.3. The number of alkyl halides is 2. The van der Waals surface area contributed by atoms with Crippen LogP contribution in [0.5, 0.6) is 0 Å². The molecule has 1 aliphatic heterocycles. The molecule has 128 valence electrons. The van der Waals surface area contributed by atoms with E-state index < -0.39 is 60.8 Å². The number of amides is 2. The summed E-state index contributed by atoms with van der Waals surface area (Å²) in [6.45, 7) is 0.120. The largest absolute Gasteiger partial charge is 0.394 e. The van der Waals surface area contributed by atoms with Gasteiger partial charge in [0.15, 0.2) is 6.17 Å². The van der Waals surface area contributed by atoms with E-state index in [1.807, 2.05) is 0 Å². The van der Waals surface area contributed by atoms with Gasteiger partial charge in [-0.25, -0.2) is 4.39 Å². The molecule has 0 aliphatic carbocycles. The summed E-state index contributed by atoms with van der Waals surface area (Å²) in [5, 5.41) is 30.3. The molecule has 0 aromatic carbocycles. The average molecular weight is 327 g/mol. The molecular weight excluding hydrogens is 308 g/mol. The Bertz CT molecular complexity index is 442. The molecule has 1 rings (SSSR count). The van der Waals surface area contributed by atoms with Crippen LogP contribution in [0.4, 0.5) is 8.78 Å². The van der Waals surface area contributed by atoms with Crippen molar-refractivity contribution in [3.8, 4) is 0 Å². The lowest BCUT2D eigenvalue weighted by molar-refractivity contribution is -0.266. The molecule has 11 heteroatoms. The summed E-state index contributed by atoms with van der Waals surface area (Å²) in [4.78, 5) is 22.3. The Hall–Kier alpha value is -1.40. The van der Waals surface area contributed by atoms with Crippen molar-refractivity contribution >= 4 is 11.8 Å². The van der Waals surface area contributed by atoms with Crippen molar-refractivity contribution < 1.29 is 38.4 Å². The smallest absolute Gasteiger partial charge is 0.321 e. The minimum atomic E-state index is -3.64. The third-order valence-corrected chi connectivity index (χ3v) is 3.39. The predicted octanol–water partition coefficient (Wildman–Crippen LogP) is -3.58. The van der Waals surface area contributed by atoms with Crippen molar-refractivity contribution in [3.05, 3.63) is 0 Å². The first-order valence-electron chi connectivity index (χ1n) is 6.36. The summed E-state index contributed by atoms with van der Waals surface area (Å²) in [6, 6.07) is -3.26. The van der Waals surface area contributed by atoms with Crippen molar-refractivity contribution in [2.45, 2.75) is 49.3 Å². The highest BCUT2D eigenvalue weighted by atomic mass is 19.2. The highest BCUT2D eigenvalue weighted by Crippen LogP contribution is 2.34. The van der Waals surface area contributed by atoms with E-state index in [9.17, 15) is 28.6 Å². The quantitative estimate of drug-likeness (QED) is 0.303. The van der Waals surface area contributed by atoms with Crippen molar-refractivity contribution in [2.75, 3.05) is 6.61 Å². The Morgan fingerprint density at radius 3 is 2.41 bits per heavy atom. The van der Waals surface area contributed by atoms with Crippen LogP contribution in [-0.2, 0) is 14.3 Å². The maximum Gasteiger partial charge on any atom is 0.321 e. The molecule has 3 unspecified atom stereocenters. The standard InChI is InChI=1S/C11H19F2N3O6/c1-3(18)16-6-5(14)9(12)11(13,10(15)21)22-8(6)7(20)4(19)2-17/h4-9,17,19-20H,2,14H2,1H3,(H2,15,21)(H,16,18)/t4-,5?,6-,7-,8?,9?,11-/m1/s1. The number of aliphatic hydroxyl groups is 3. The number of carbonyl (C=O) groups excluding carboxylic acids is 2. The van der Waals surface area contributed by atoms with E-state index in [1.54, 1.807) is 0 Å². The number of halogens is 2. The zero-order chi connectivity index (χ0) is 17.2. The molecule has 1 saturated heterocycles. The van der Waals surface area contributed by atoms with Crippen LogP contribution in [0, 0.1) is 0 Å². The van der Waals surface area contributed by atoms with Gasteiger partial charge in [0.1, 0.15) is 18.3 Å². The molecule has 8 N–H and O–H groups in total. The molecule has 2 amide bonds. The van der Waals surface area contributed by atoms with Crippen LogP contribution in [-0.4, -0.2) is 76.2 Å². The highest BCUT2D eigenvalue weighted by molar-refractivity contribution is 5.83. The molecule has 0 aromatic rings.